The minimum absolute atomic E-state index is 0.177. The molecule has 21 heavy (non-hydrogen) atoms. The second kappa shape index (κ2) is 14.8. The second-order valence-electron chi connectivity index (χ2n) is 4.84. The number of aliphatic hydroxyl groups excluding tert-OH is 1. The summed E-state index contributed by atoms with van der Waals surface area (Å²) in [6.45, 7) is 2.12. The first-order chi connectivity index (χ1) is 10.2. The van der Waals surface area contributed by atoms with E-state index in [1.807, 2.05) is 18.2 Å². The summed E-state index contributed by atoms with van der Waals surface area (Å²) in [5, 5.41) is 18.1. The molecule has 0 heterocycles. The van der Waals surface area contributed by atoms with Gasteiger partial charge in [-0.25, -0.2) is 0 Å². The zero-order chi connectivity index (χ0) is 15.8. The molecule has 0 saturated heterocycles. The van der Waals surface area contributed by atoms with Crippen LogP contribution >= 0.6 is 0 Å². The van der Waals surface area contributed by atoms with Gasteiger partial charge in [-0.05, 0) is 38.5 Å². The monoisotopic (exact) mass is 292 g/mol. The first-order valence-electron chi connectivity index (χ1n) is 7.70. The van der Waals surface area contributed by atoms with Gasteiger partial charge in [0.1, 0.15) is 0 Å². The molecule has 0 aromatic heterocycles. The molecule has 3 heteroatoms. The van der Waals surface area contributed by atoms with Crippen molar-refractivity contribution >= 4 is 5.97 Å². The zero-order valence-corrected chi connectivity index (χ0v) is 12.9. The van der Waals surface area contributed by atoms with Crippen LogP contribution in [0.2, 0.25) is 0 Å². The Balaban J connectivity index is 3.61. The third kappa shape index (κ3) is 16.3. The molecular weight excluding hydrogens is 264 g/mol. The highest BCUT2D eigenvalue weighted by atomic mass is 16.4. The minimum atomic E-state index is -0.777. The molecular formula is C18H28O3. The van der Waals surface area contributed by atoms with Gasteiger partial charge in [-0.2, -0.15) is 0 Å². The number of hydrogen-bond donors (Lipinski definition) is 2. The molecule has 0 saturated carbocycles. The van der Waals surface area contributed by atoms with Gasteiger partial charge < -0.3 is 10.2 Å². The molecule has 1 atom stereocenters. The van der Waals surface area contributed by atoms with Crippen LogP contribution < -0.4 is 0 Å². The van der Waals surface area contributed by atoms with Crippen LogP contribution in [0.5, 0.6) is 0 Å². The van der Waals surface area contributed by atoms with Crippen molar-refractivity contribution in [1.82, 2.24) is 0 Å². The van der Waals surface area contributed by atoms with Gasteiger partial charge in [0.2, 0.25) is 0 Å². The van der Waals surface area contributed by atoms with Gasteiger partial charge in [-0.15, -0.1) is 0 Å². The fraction of sp³-hybridized carbons (Fsp3) is 0.500. The highest BCUT2D eigenvalue weighted by molar-refractivity contribution is 5.66. The van der Waals surface area contributed by atoms with Crippen LogP contribution in [-0.2, 0) is 4.79 Å². The molecule has 0 bridgehead atoms. The summed E-state index contributed by atoms with van der Waals surface area (Å²) in [5.74, 6) is -0.777. The molecule has 0 fully saturated rings. The maximum absolute atomic E-state index is 10.3. The van der Waals surface area contributed by atoms with E-state index in [1.54, 1.807) is 6.08 Å². The van der Waals surface area contributed by atoms with Crippen molar-refractivity contribution in [1.29, 1.82) is 0 Å². The number of unbranched alkanes of at least 4 members (excludes halogenated alkanes) is 1. The smallest absolute Gasteiger partial charge is 0.303 e. The molecule has 0 aliphatic heterocycles. The lowest BCUT2D eigenvalue weighted by molar-refractivity contribution is -0.137. The fourth-order valence-electron chi connectivity index (χ4n) is 1.69. The van der Waals surface area contributed by atoms with E-state index in [2.05, 4.69) is 31.2 Å². The number of rotatable bonds is 12. The molecule has 0 aromatic rings. The number of aliphatic carboxylic acids is 1. The summed E-state index contributed by atoms with van der Waals surface area (Å²) < 4.78 is 0. The minimum Gasteiger partial charge on any atom is -0.481 e. The van der Waals surface area contributed by atoms with E-state index in [1.165, 1.54) is 0 Å². The van der Waals surface area contributed by atoms with Crippen molar-refractivity contribution in [2.24, 2.45) is 0 Å². The van der Waals surface area contributed by atoms with Gasteiger partial charge in [-0.3, -0.25) is 4.79 Å². The lowest BCUT2D eigenvalue weighted by Crippen LogP contribution is -2.02. The maximum Gasteiger partial charge on any atom is 0.303 e. The first kappa shape index (κ1) is 19.4. The molecule has 0 spiro atoms. The van der Waals surface area contributed by atoms with Crippen molar-refractivity contribution in [2.75, 3.05) is 0 Å². The number of aliphatic hydroxyl groups is 1. The van der Waals surface area contributed by atoms with Crippen LogP contribution in [0.4, 0.5) is 0 Å². The van der Waals surface area contributed by atoms with Crippen molar-refractivity contribution in [3.63, 3.8) is 0 Å². The van der Waals surface area contributed by atoms with Gasteiger partial charge in [0.05, 0.1) is 6.10 Å². The Labute approximate surface area is 128 Å². The summed E-state index contributed by atoms with van der Waals surface area (Å²) in [4.78, 5) is 10.3. The quantitative estimate of drug-likeness (QED) is 0.318. The Hall–Kier alpha value is -1.61. The highest BCUT2D eigenvalue weighted by Gasteiger charge is 2.00. The molecule has 0 aliphatic carbocycles. The Bertz CT molecular complexity index is 365. The van der Waals surface area contributed by atoms with Gasteiger partial charge in [0, 0.05) is 6.42 Å². The fourth-order valence-corrected chi connectivity index (χ4v) is 1.69. The normalized spacial score (nSPS) is 14.0. The summed E-state index contributed by atoms with van der Waals surface area (Å²) in [6, 6.07) is 0. The third-order valence-electron chi connectivity index (χ3n) is 2.83. The summed E-state index contributed by atoms with van der Waals surface area (Å²) in [5.41, 5.74) is 0. The second-order valence-corrected chi connectivity index (χ2v) is 4.84. The van der Waals surface area contributed by atoms with Crippen LogP contribution in [0, 0.1) is 0 Å². The molecule has 2 N–H and O–H groups in total. The van der Waals surface area contributed by atoms with Crippen LogP contribution in [-0.4, -0.2) is 22.3 Å². The third-order valence-corrected chi connectivity index (χ3v) is 2.83. The van der Waals surface area contributed by atoms with Crippen LogP contribution in [0.1, 0.15) is 51.9 Å². The predicted molar refractivity (Wildman–Crippen MR) is 88.2 cm³/mol. The molecule has 118 valence electrons. The van der Waals surface area contributed by atoms with Crippen LogP contribution in [0.25, 0.3) is 0 Å². The first-order valence-corrected chi connectivity index (χ1v) is 7.70. The van der Waals surface area contributed by atoms with Crippen molar-refractivity contribution in [2.45, 2.75) is 58.0 Å². The molecule has 1 unspecified atom stereocenters. The van der Waals surface area contributed by atoms with E-state index in [4.69, 9.17) is 5.11 Å². The topological polar surface area (TPSA) is 57.5 Å². The summed E-state index contributed by atoms with van der Waals surface area (Å²) in [6.07, 6.45) is 20.7. The maximum atomic E-state index is 10.3. The van der Waals surface area contributed by atoms with Gasteiger partial charge >= 0.3 is 5.97 Å². The van der Waals surface area contributed by atoms with E-state index in [-0.39, 0.29) is 6.42 Å². The van der Waals surface area contributed by atoms with E-state index < -0.39 is 12.1 Å². The molecule has 0 aliphatic rings. The number of hydrogen-bond acceptors (Lipinski definition) is 2. The number of carbonyl (C=O) groups is 1. The average Bonchev–Trinajstić information content (AvgIpc) is 2.45. The Kier molecular flexibility index (Phi) is 13.7. The van der Waals surface area contributed by atoms with Crippen LogP contribution in [0.3, 0.4) is 0 Å². The van der Waals surface area contributed by atoms with Gasteiger partial charge in [0.15, 0.2) is 0 Å². The van der Waals surface area contributed by atoms with E-state index >= 15 is 0 Å². The van der Waals surface area contributed by atoms with E-state index in [9.17, 15) is 9.90 Å². The summed E-state index contributed by atoms with van der Waals surface area (Å²) in [7, 11) is 0. The SMILES string of the molecule is CCC=CCC=CCC=CC=CC(O)CCCCC(=O)O. The van der Waals surface area contributed by atoms with Crippen molar-refractivity contribution < 1.29 is 15.0 Å². The Morgan fingerprint density at radius 2 is 1.67 bits per heavy atom. The Morgan fingerprint density at radius 3 is 2.33 bits per heavy atom. The molecule has 0 amide bonds. The van der Waals surface area contributed by atoms with Gasteiger partial charge in [-0.1, -0.05) is 55.5 Å². The highest BCUT2D eigenvalue weighted by Crippen LogP contribution is 2.05. The standard InChI is InChI=1S/C18H28O3/c1-2-3-4-5-6-7-8-9-10-11-14-17(19)15-12-13-16-18(20)21/h3-4,6-7,9-11,14,17,19H,2,5,8,12-13,15-16H2,1H3,(H,20,21). The lowest BCUT2D eigenvalue weighted by Gasteiger charge is -2.03. The zero-order valence-electron chi connectivity index (χ0n) is 12.9. The van der Waals surface area contributed by atoms with E-state index in [0.29, 0.717) is 12.8 Å². The van der Waals surface area contributed by atoms with E-state index in [0.717, 1.165) is 25.7 Å². The average molecular weight is 292 g/mol. The molecule has 0 radical (unpaired) electrons. The van der Waals surface area contributed by atoms with Crippen LogP contribution in [0.15, 0.2) is 48.6 Å². The largest absolute Gasteiger partial charge is 0.481 e. The summed E-state index contributed by atoms with van der Waals surface area (Å²) >= 11 is 0. The number of allylic oxidation sites excluding steroid dienone is 7. The number of carboxylic acid groups (broad SMARTS) is 1. The molecule has 3 nitrogen and oxygen atoms in total. The van der Waals surface area contributed by atoms with Gasteiger partial charge in [0.25, 0.3) is 0 Å². The van der Waals surface area contributed by atoms with Crippen molar-refractivity contribution in [3.8, 4) is 0 Å². The predicted octanol–water partition coefficient (Wildman–Crippen LogP) is 4.41. The number of carboxylic acids is 1. The van der Waals surface area contributed by atoms with Crippen molar-refractivity contribution in [3.05, 3.63) is 48.6 Å². The molecule has 0 rings (SSSR count). The lowest BCUT2D eigenvalue weighted by atomic mass is 10.1. The molecule has 0 aromatic carbocycles. The Morgan fingerprint density at radius 1 is 1.00 bits per heavy atom.